The van der Waals surface area contributed by atoms with E-state index in [-0.39, 0.29) is 0 Å². The molecule has 0 bridgehead atoms. The largest absolute Gasteiger partial charge is 0.396 e. The highest BCUT2D eigenvalue weighted by Crippen LogP contribution is 2.38. The van der Waals surface area contributed by atoms with Crippen LogP contribution in [-0.4, -0.2) is 25.2 Å². The molecule has 1 fully saturated rings. The van der Waals surface area contributed by atoms with Crippen LogP contribution in [0, 0.1) is 0 Å². The van der Waals surface area contributed by atoms with E-state index < -0.39 is 0 Å². The molecule has 0 aliphatic heterocycles. The Hall–Kier alpha value is -1.34. The lowest BCUT2D eigenvalue weighted by Gasteiger charge is -2.04. The molecule has 1 aliphatic carbocycles. The van der Waals surface area contributed by atoms with Gasteiger partial charge in [-0.2, -0.15) is 0 Å². The average molecular weight is 269 g/mol. The van der Waals surface area contributed by atoms with Crippen molar-refractivity contribution in [1.29, 1.82) is 0 Å². The van der Waals surface area contributed by atoms with E-state index in [1.807, 2.05) is 4.68 Å². The van der Waals surface area contributed by atoms with Crippen molar-refractivity contribution in [3.05, 3.63) is 17.3 Å². The molecule has 0 saturated heterocycles. The molecule has 1 saturated carbocycles. The summed E-state index contributed by atoms with van der Waals surface area (Å²) >= 11 is 7.15. The van der Waals surface area contributed by atoms with Gasteiger partial charge in [0.1, 0.15) is 5.03 Å². The normalized spacial score (nSPS) is 15.1. The van der Waals surface area contributed by atoms with Gasteiger partial charge in [-0.1, -0.05) is 11.6 Å². The van der Waals surface area contributed by atoms with Gasteiger partial charge in [0.15, 0.2) is 0 Å². The van der Waals surface area contributed by atoms with Crippen molar-refractivity contribution in [2.45, 2.75) is 29.1 Å². The van der Waals surface area contributed by atoms with Gasteiger partial charge in [0.2, 0.25) is 5.16 Å². The zero-order valence-corrected chi connectivity index (χ0v) is 10.3. The van der Waals surface area contributed by atoms with Crippen molar-refractivity contribution in [2.24, 2.45) is 0 Å². The van der Waals surface area contributed by atoms with E-state index in [4.69, 9.17) is 17.3 Å². The van der Waals surface area contributed by atoms with Crippen LogP contribution in [0.2, 0.25) is 5.02 Å². The fraction of sp³-hybridized carbons (Fsp3) is 0.333. The molecule has 0 radical (unpaired) electrons. The summed E-state index contributed by atoms with van der Waals surface area (Å²) in [5.41, 5.74) is 6.37. The smallest absolute Gasteiger partial charge is 0.215 e. The van der Waals surface area contributed by atoms with Gasteiger partial charge in [-0.05, 0) is 41.1 Å². The van der Waals surface area contributed by atoms with Gasteiger partial charge in [-0.3, -0.25) is 0 Å². The molecule has 2 aromatic heterocycles. The number of hydrogen-bond acceptors (Lipinski definition) is 6. The summed E-state index contributed by atoms with van der Waals surface area (Å²) in [6, 6.07) is 2.10. The molecule has 0 unspecified atom stereocenters. The summed E-state index contributed by atoms with van der Waals surface area (Å²) in [5, 5.41) is 13.5. The molecule has 6 nitrogen and oxygen atoms in total. The van der Waals surface area contributed by atoms with Crippen LogP contribution >= 0.6 is 23.4 Å². The molecular weight excluding hydrogens is 260 g/mol. The summed E-state index contributed by atoms with van der Waals surface area (Å²) in [7, 11) is 0. The van der Waals surface area contributed by atoms with Gasteiger partial charge in [0.05, 0.1) is 16.8 Å². The van der Waals surface area contributed by atoms with Crippen molar-refractivity contribution in [1.82, 2.24) is 25.2 Å². The Kier molecular flexibility index (Phi) is 2.64. The second kappa shape index (κ2) is 4.15. The molecule has 2 aromatic rings. The number of nitrogens with zero attached hydrogens (tertiary/aromatic N) is 5. The molecule has 17 heavy (non-hydrogen) atoms. The summed E-state index contributed by atoms with van der Waals surface area (Å²) in [5.74, 6) is 0. The van der Waals surface area contributed by atoms with Crippen LogP contribution < -0.4 is 5.73 Å². The Morgan fingerprint density at radius 1 is 1.47 bits per heavy atom. The van der Waals surface area contributed by atoms with E-state index in [2.05, 4.69) is 20.5 Å². The zero-order chi connectivity index (χ0) is 11.8. The average Bonchev–Trinajstić information content (AvgIpc) is 3.03. The first-order chi connectivity index (χ1) is 8.24. The fourth-order valence-electron chi connectivity index (χ4n) is 1.42. The molecule has 2 heterocycles. The number of halogens is 1. The van der Waals surface area contributed by atoms with Crippen LogP contribution in [0.4, 0.5) is 5.69 Å². The maximum Gasteiger partial charge on any atom is 0.215 e. The quantitative estimate of drug-likeness (QED) is 0.914. The molecule has 2 N–H and O–H groups in total. The van der Waals surface area contributed by atoms with Crippen molar-refractivity contribution in [2.75, 3.05) is 5.73 Å². The summed E-state index contributed by atoms with van der Waals surface area (Å²) < 4.78 is 1.82. The maximum absolute atomic E-state index is 5.83. The first-order valence-electron chi connectivity index (χ1n) is 5.11. The first-order valence-corrected chi connectivity index (χ1v) is 6.30. The molecule has 0 aromatic carbocycles. The van der Waals surface area contributed by atoms with Crippen LogP contribution in [0.1, 0.15) is 18.9 Å². The molecule has 1 aliphatic rings. The number of nitrogen functional groups attached to an aromatic ring is 1. The van der Waals surface area contributed by atoms with Gasteiger partial charge in [0.25, 0.3) is 0 Å². The lowest BCUT2D eigenvalue weighted by Crippen LogP contribution is -1.99. The van der Waals surface area contributed by atoms with Crippen molar-refractivity contribution < 1.29 is 0 Å². The van der Waals surface area contributed by atoms with Gasteiger partial charge >= 0.3 is 0 Å². The minimum Gasteiger partial charge on any atom is -0.396 e. The van der Waals surface area contributed by atoms with Crippen LogP contribution in [0.3, 0.4) is 0 Å². The topological polar surface area (TPSA) is 82.5 Å². The number of aromatic nitrogens is 5. The van der Waals surface area contributed by atoms with Gasteiger partial charge in [-0.25, -0.2) is 9.67 Å². The highest BCUT2D eigenvalue weighted by atomic mass is 35.5. The third-order valence-corrected chi connectivity index (χ3v) is 3.58. The lowest BCUT2D eigenvalue weighted by atomic mass is 10.4. The molecule has 8 heteroatoms. The predicted octanol–water partition coefficient (Wildman–Crippen LogP) is 1.79. The number of hydrogen-bond donors (Lipinski definition) is 1. The van der Waals surface area contributed by atoms with Crippen LogP contribution in [0.5, 0.6) is 0 Å². The SMILES string of the molecule is Nc1cc(Cl)cnc1Sc1nnnn1C1CC1. The highest BCUT2D eigenvalue weighted by Gasteiger charge is 2.28. The summed E-state index contributed by atoms with van der Waals surface area (Å²) in [4.78, 5) is 4.17. The lowest BCUT2D eigenvalue weighted by molar-refractivity contribution is 0.565. The standard InChI is InChI=1S/C9H9ClN6S/c10-5-3-7(11)8(12-4-5)17-9-13-14-15-16(9)6-1-2-6/h3-4,6H,1-2,11H2. The zero-order valence-electron chi connectivity index (χ0n) is 8.75. The molecule has 88 valence electrons. The molecular formula is C9H9ClN6S. The molecule has 3 rings (SSSR count). The van der Waals surface area contributed by atoms with Crippen molar-refractivity contribution >= 4 is 29.1 Å². The fourth-order valence-corrected chi connectivity index (χ4v) is 2.39. The number of rotatable bonds is 3. The van der Waals surface area contributed by atoms with E-state index >= 15 is 0 Å². The number of nitrogens with two attached hydrogens (primary N) is 1. The van der Waals surface area contributed by atoms with E-state index in [0.29, 0.717) is 26.9 Å². The van der Waals surface area contributed by atoms with Crippen LogP contribution in [0.15, 0.2) is 22.4 Å². The predicted molar refractivity (Wildman–Crippen MR) is 63.9 cm³/mol. The third-order valence-electron chi connectivity index (χ3n) is 2.39. The Morgan fingerprint density at radius 2 is 2.29 bits per heavy atom. The highest BCUT2D eigenvalue weighted by molar-refractivity contribution is 7.99. The van der Waals surface area contributed by atoms with E-state index in [1.54, 1.807) is 12.3 Å². The van der Waals surface area contributed by atoms with Gasteiger partial charge in [-0.15, -0.1) is 5.10 Å². The van der Waals surface area contributed by atoms with E-state index in [9.17, 15) is 0 Å². The first kappa shape index (κ1) is 10.8. The second-order valence-electron chi connectivity index (χ2n) is 3.79. The number of anilines is 1. The van der Waals surface area contributed by atoms with Gasteiger partial charge in [0, 0.05) is 6.20 Å². The molecule has 0 spiro atoms. The molecule has 0 atom stereocenters. The maximum atomic E-state index is 5.83. The Balaban J connectivity index is 1.88. The Labute approximate surface area is 107 Å². The summed E-state index contributed by atoms with van der Waals surface area (Å²) in [6.45, 7) is 0. The monoisotopic (exact) mass is 268 g/mol. The summed E-state index contributed by atoms with van der Waals surface area (Å²) in [6.07, 6.45) is 3.82. The third kappa shape index (κ3) is 2.20. The van der Waals surface area contributed by atoms with E-state index in [0.717, 1.165) is 12.8 Å². The second-order valence-corrected chi connectivity index (χ2v) is 5.18. The van der Waals surface area contributed by atoms with E-state index in [1.165, 1.54) is 11.8 Å². The molecule has 0 amide bonds. The Bertz CT molecular complexity index is 552. The number of pyridine rings is 1. The minimum absolute atomic E-state index is 0.432. The van der Waals surface area contributed by atoms with Crippen molar-refractivity contribution in [3.8, 4) is 0 Å². The van der Waals surface area contributed by atoms with Gasteiger partial charge < -0.3 is 5.73 Å². The number of tetrazole rings is 1. The Morgan fingerprint density at radius 3 is 3.00 bits per heavy atom. The minimum atomic E-state index is 0.432. The van der Waals surface area contributed by atoms with Crippen molar-refractivity contribution in [3.63, 3.8) is 0 Å². The van der Waals surface area contributed by atoms with Crippen LogP contribution in [0.25, 0.3) is 0 Å². The van der Waals surface area contributed by atoms with Crippen LogP contribution in [-0.2, 0) is 0 Å².